The van der Waals surface area contributed by atoms with Gasteiger partial charge in [0.1, 0.15) is 0 Å². The van der Waals surface area contributed by atoms with Crippen LogP contribution >= 0.6 is 22.6 Å². The molecule has 2 N–H and O–H groups in total. The van der Waals surface area contributed by atoms with Gasteiger partial charge < -0.3 is 0 Å². The molecule has 0 radical (unpaired) electrons. The first-order chi connectivity index (χ1) is 21.3. The van der Waals surface area contributed by atoms with E-state index in [0.717, 1.165) is 12.8 Å². The highest BCUT2D eigenvalue weighted by molar-refractivity contribution is 14.1. The van der Waals surface area contributed by atoms with Gasteiger partial charge in [0.15, 0.2) is 0 Å². The van der Waals surface area contributed by atoms with Crippen LogP contribution in [0.25, 0.3) is 0 Å². The Bertz CT molecular complexity index is 515. The quantitative estimate of drug-likeness (QED) is 0.0219. The molecule has 0 aliphatic heterocycles. The zero-order valence-electron chi connectivity index (χ0n) is 29.1. The van der Waals surface area contributed by atoms with Crippen LogP contribution in [0, 0.1) is 0 Å². The van der Waals surface area contributed by atoms with E-state index in [1.165, 1.54) is 223 Å². The van der Waals surface area contributed by atoms with E-state index in [2.05, 4.69) is 22.6 Å². The molecule has 0 saturated heterocycles. The van der Waals surface area contributed by atoms with E-state index in [-0.39, 0.29) is 5.91 Å². The van der Waals surface area contributed by atoms with Crippen molar-refractivity contribution in [3.8, 4) is 0 Å². The maximum absolute atomic E-state index is 10.9. The fraction of sp³-hybridized carbons (Fsp3) is 0.974. The zero-order valence-corrected chi connectivity index (χ0v) is 31.3. The molecular weight excluding hydrogens is 641 g/mol. The normalized spacial score (nSPS) is 11.4. The lowest BCUT2D eigenvalue weighted by molar-refractivity contribution is -0.129. The largest absolute Gasteiger partial charge is 0.289 e. The standard InChI is InChI=1S/C39H78INO2/c40-38-36-34-32-30-28-26-24-22-20-18-16-14-12-10-8-6-4-2-1-3-5-7-9-11-13-15-17-19-21-23-25-27-29-31-33-35-37-39(42)41-43/h43H,1-38H2,(H,41,42). The molecule has 0 fully saturated rings. The number of alkyl halides is 1. The second-order valence-corrected chi connectivity index (χ2v) is 14.8. The van der Waals surface area contributed by atoms with Gasteiger partial charge in [-0.3, -0.25) is 10.0 Å². The Morgan fingerprint density at radius 1 is 0.326 bits per heavy atom. The molecule has 0 heterocycles. The first-order valence-corrected chi connectivity index (χ1v) is 21.3. The van der Waals surface area contributed by atoms with E-state index < -0.39 is 0 Å². The van der Waals surface area contributed by atoms with E-state index in [0.29, 0.717) is 6.42 Å². The second kappa shape index (κ2) is 40.2. The number of carbonyl (C=O) groups excluding carboxylic acids is 1. The fourth-order valence-corrected chi connectivity index (χ4v) is 6.99. The van der Waals surface area contributed by atoms with E-state index in [4.69, 9.17) is 5.21 Å². The predicted molar refractivity (Wildman–Crippen MR) is 200 cm³/mol. The van der Waals surface area contributed by atoms with Crippen LogP contribution in [-0.2, 0) is 4.79 Å². The van der Waals surface area contributed by atoms with Crippen molar-refractivity contribution in [2.24, 2.45) is 0 Å². The van der Waals surface area contributed by atoms with Gasteiger partial charge in [0, 0.05) is 6.42 Å². The number of nitrogens with one attached hydrogen (secondary N) is 1. The smallest absolute Gasteiger partial charge is 0.243 e. The molecule has 0 aromatic carbocycles. The summed E-state index contributed by atoms with van der Waals surface area (Å²) < 4.78 is 1.34. The Labute approximate surface area is 284 Å². The lowest BCUT2D eigenvalue weighted by Gasteiger charge is -2.05. The zero-order chi connectivity index (χ0) is 31.2. The number of hydrogen-bond acceptors (Lipinski definition) is 2. The number of unbranched alkanes of at least 4 members (excludes halogenated alkanes) is 35. The third-order valence-electron chi connectivity index (χ3n) is 9.41. The third-order valence-corrected chi connectivity index (χ3v) is 10.2. The summed E-state index contributed by atoms with van der Waals surface area (Å²) >= 11 is 2.50. The molecule has 258 valence electrons. The summed E-state index contributed by atoms with van der Waals surface area (Å²) in [6.07, 6.45) is 51.6. The third kappa shape index (κ3) is 40.1. The number of rotatable bonds is 38. The molecule has 0 spiro atoms. The summed E-state index contributed by atoms with van der Waals surface area (Å²) in [6.45, 7) is 0. The van der Waals surface area contributed by atoms with Gasteiger partial charge in [0.2, 0.25) is 5.91 Å². The number of halogens is 1. The summed E-state index contributed by atoms with van der Waals surface area (Å²) in [5.74, 6) is -0.253. The van der Waals surface area contributed by atoms with E-state index in [1.54, 1.807) is 5.48 Å². The van der Waals surface area contributed by atoms with Gasteiger partial charge in [-0.2, -0.15) is 0 Å². The van der Waals surface area contributed by atoms with Gasteiger partial charge in [-0.15, -0.1) is 0 Å². The van der Waals surface area contributed by atoms with Crippen molar-refractivity contribution < 1.29 is 10.0 Å². The van der Waals surface area contributed by atoms with Gasteiger partial charge in [-0.1, -0.05) is 241 Å². The van der Waals surface area contributed by atoms with Crippen LogP contribution in [0.2, 0.25) is 0 Å². The second-order valence-electron chi connectivity index (χ2n) is 13.7. The molecule has 0 bridgehead atoms. The Hall–Kier alpha value is 0.160. The maximum Gasteiger partial charge on any atom is 0.243 e. The minimum absolute atomic E-state index is 0.253. The highest BCUT2D eigenvalue weighted by Crippen LogP contribution is 2.17. The molecule has 3 nitrogen and oxygen atoms in total. The monoisotopic (exact) mass is 720 g/mol. The number of carbonyl (C=O) groups is 1. The molecule has 0 aliphatic carbocycles. The van der Waals surface area contributed by atoms with Crippen molar-refractivity contribution in [3.05, 3.63) is 0 Å². The first-order valence-electron chi connectivity index (χ1n) is 19.8. The summed E-state index contributed by atoms with van der Waals surface area (Å²) in [5, 5.41) is 8.46. The van der Waals surface area contributed by atoms with Crippen LogP contribution in [-0.4, -0.2) is 15.5 Å². The van der Waals surface area contributed by atoms with Crippen LogP contribution < -0.4 is 5.48 Å². The Kier molecular flexibility index (Phi) is 40.3. The molecule has 0 rings (SSSR count). The van der Waals surface area contributed by atoms with Crippen molar-refractivity contribution >= 4 is 28.5 Å². The van der Waals surface area contributed by atoms with Crippen molar-refractivity contribution in [1.82, 2.24) is 5.48 Å². The highest BCUT2D eigenvalue weighted by Gasteiger charge is 1.99. The molecule has 0 atom stereocenters. The molecule has 4 heteroatoms. The highest BCUT2D eigenvalue weighted by atomic mass is 127. The van der Waals surface area contributed by atoms with Crippen LogP contribution in [0.4, 0.5) is 0 Å². The van der Waals surface area contributed by atoms with Crippen LogP contribution in [0.1, 0.15) is 238 Å². The minimum Gasteiger partial charge on any atom is -0.289 e. The fourth-order valence-electron chi connectivity index (χ4n) is 6.45. The molecule has 0 aromatic heterocycles. The summed E-state index contributed by atoms with van der Waals surface area (Å²) in [7, 11) is 0. The average Bonchev–Trinajstić information content (AvgIpc) is 3.02. The van der Waals surface area contributed by atoms with E-state index >= 15 is 0 Å². The van der Waals surface area contributed by atoms with Gasteiger partial charge in [-0.05, 0) is 17.3 Å². The number of hydrogen-bond donors (Lipinski definition) is 2. The van der Waals surface area contributed by atoms with Gasteiger partial charge in [0.05, 0.1) is 0 Å². The predicted octanol–water partition coefficient (Wildman–Crippen LogP) is 14.4. The molecule has 0 aromatic rings. The van der Waals surface area contributed by atoms with Crippen LogP contribution in [0.15, 0.2) is 0 Å². The van der Waals surface area contributed by atoms with Crippen molar-refractivity contribution in [2.75, 3.05) is 4.43 Å². The van der Waals surface area contributed by atoms with E-state index in [1.807, 2.05) is 0 Å². The van der Waals surface area contributed by atoms with Crippen molar-refractivity contribution in [3.63, 3.8) is 0 Å². The van der Waals surface area contributed by atoms with Gasteiger partial charge >= 0.3 is 0 Å². The first kappa shape index (κ1) is 43.2. The number of amides is 1. The lowest BCUT2D eigenvalue weighted by Crippen LogP contribution is -2.17. The Morgan fingerprint density at radius 2 is 0.488 bits per heavy atom. The van der Waals surface area contributed by atoms with E-state index in [9.17, 15) is 4.79 Å². The molecule has 0 saturated carbocycles. The minimum atomic E-state index is -0.253. The van der Waals surface area contributed by atoms with Crippen LogP contribution in [0.5, 0.6) is 0 Å². The number of hydroxylamine groups is 1. The SMILES string of the molecule is O=C(CCCCCCCCCCCCCCCCCCCCCCCCCCCCCCCCCCCCCCI)NO. The lowest BCUT2D eigenvalue weighted by atomic mass is 10.0. The molecular formula is C39H78INO2. The molecule has 43 heavy (non-hydrogen) atoms. The topological polar surface area (TPSA) is 49.3 Å². The Morgan fingerprint density at radius 3 is 0.651 bits per heavy atom. The van der Waals surface area contributed by atoms with Crippen LogP contribution in [0.3, 0.4) is 0 Å². The maximum atomic E-state index is 10.9. The van der Waals surface area contributed by atoms with Gasteiger partial charge in [-0.25, -0.2) is 5.48 Å². The van der Waals surface area contributed by atoms with Crippen molar-refractivity contribution in [1.29, 1.82) is 0 Å². The summed E-state index contributed by atoms with van der Waals surface area (Å²) in [4.78, 5) is 10.9. The summed E-state index contributed by atoms with van der Waals surface area (Å²) in [5.41, 5.74) is 1.70. The van der Waals surface area contributed by atoms with Crippen molar-refractivity contribution in [2.45, 2.75) is 238 Å². The van der Waals surface area contributed by atoms with Gasteiger partial charge in [0.25, 0.3) is 0 Å². The molecule has 0 unspecified atom stereocenters. The molecule has 1 amide bonds. The molecule has 0 aliphatic rings. The Balaban J connectivity index is 3.04. The summed E-state index contributed by atoms with van der Waals surface area (Å²) in [6, 6.07) is 0. The average molecular weight is 720 g/mol.